The molecule has 0 bridgehead atoms. The lowest BCUT2D eigenvalue weighted by Crippen LogP contribution is -2.36. The maximum absolute atomic E-state index is 11.8. The first-order valence-electron chi connectivity index (χ1n) is 6.39. The zero-order valence-electron chi connectivity index (χ0n) is 12.5. The van der Waals surface area contributed by atoms with Gasteiger partial charge in [-0.25, -0.2) is 9.59 Å². The zero-order valence-corrected chi connectivity index (χ0v) is 12.5. The first kappa shape index (κ1) is 15.5. The Morgan fingerprint density at radius 3 is 2.11 bits per heavy atom. The van der Waals surface area contributed by atoms with E-state index in [1.807, 2.05) is 20.8 Å². The smallest absolute Gasteiger partial charge is 0.336 e. The SMILES string of the molecule is CC(C)(C)OC(=O)C1=CN[C@@H](C(=O)OC(C)(C)C)C1. The molecule has 0 amide bonds. The second-order valence-electron chi connectivity index (χ2n) is 6.63. The summed E-state index contributed by atoms with van der Waals surface area (Å²) in [5.74, 6) is -0.756. The largest absolute Gasteiger partial charge is 0.458 e. The van der Waals surface area contributed by atoms with E-state index in [4.69, 9.17) is 9.47 Å². The van der Waals surface area contributed by atoms with Gasteiger partial charge in [0, 0.05) is 12.6 Å². The van der Waals surface area contributed by atoms with Gasteiger partial charge in [0.1, 0.15) is 17.2 Å². The summed E-state index contributed by atoms with van der Waals surface area (Å²) in [4.78, 5) is 23.7. The van der Waals surface area contributed by atoms with Crippen molar-refractivity contribution in [3.63, 3.8) is 0 Å². The standard InChI is InChI=1S/C14H23NO4/c1-13(2,3)18-11(16)9-7-10(15-8-9)12(17)19-14(4,5)6/h8,10,15H,7H2,1-6H3/t10-/m1/s1. The highest BCUT2D eigenvalue weighted by molar-refractivity contribution is 5.91. The van der Waals surface area contributed by atoms with Gasteiger partial charge in [0.05, 0.1) is 5.57 Å². The molecule has 0 radical (unpaired) electrons. The third-order valence-corrected chi connectivity index (χ3v) is 2.24. The van der Waals surface area contributed by atoms with E-state index >= 15 is 0 Å². The van der Waals surface area contributed by atoms with Crippen molar-refractivity contribution < 1.29 is 19.1 Å². The van der Waals surface area contributed by atoms with Gasteiger partial charge < -0.3 is 14.8 Å². The Hall–Kier alpha value is -1.52. The van der Waals surface area contributed by atoms with Crippen LogP contribution in [0.25, 0.3) is 0 Å². The fourth-order valence-electron chi connectivity index (χ4n) is 1.55. The number of hydrogen-bond donors (Lipinski definition) is 1. The molecule has 0 aromatic rings. The van der Waals surface area contributed by atoms with Gasteiger partial charge in [-0.1, -0.05) is 0 Å². The summed E-state index contributed by atoms with van der Waals surface area (Å²) in [5, 5.41) is 2.86. The first-order chi connectivity index (χ1) is 8.48. The Kier molecular flexibility index (Phi) is 4.28. The van der Waals surface area contributed by atoms with Crippen molar-refractivity contribution in [1.29, 1.82) is 0 Å². The third kappa shape index (κ3) is 5.32. The Bertz CT molecular complexity index is 399. The summed E-state index contributed by atoms with van der Waals surface area (Å²) >= 11 is 0. The molecule has 0 saturated carbocycles. The highest BCUT2D eigenvalue weighted by atomic mass is 16.6. The molecule has 5 heteroatoms. The van der Waals surface area contributed by atoms with Crippen LogP contribution in [0.15, 0.2) is 11.8 Å². The maximum Gasteiger partial charge on any atom is 0.336 e. The Labute approximate surface area is 114 Å². The molecule has 1 atom stereocenters. The number of nitrogens with one attached hydrogen (secondary N) is 1. The van der Waals surface area contributed by atoms with E-state index in [9.17, 15) is 9.59 Å². The monoisotopic (exact) mass is 269 g/mol. The van der Waals surface area contributed by atoms with Gasteiger partial charge in [-0.05, 0) is 41.5 Å². The normalized spacial score (nSPS) is 19.5. The minimum absolute atomic E-state index is 0.295. The fraction of sp³-hybridized carbons (Fsp3) is 0.714. The molecule has 1 aliphatic rings. The molecule has 19 heavy (non-hydrogen) atoms. The number of rotatable bonds is 2. The van der Waals surface area contributed by atoms with Crippen molar-refractivity contribution in [2.24, 2.45) is 0 Å². The summed E-state index contributed by atoms with van der Waals surface area (Å²) in [5.41, 5.74) is -0.610. The van der Waals surface area contributed by atoms with E-state index in [0.29, 0.717) is 12.0 Å². The minimum atomic E-state index is -0.540. The molecule has 1 aliphatic heterocycles. The van der Waals surface area contributed by atoms with Gasteiger partial charge >= 0.3 is 11.9 Å². The van der Waals surface area contributed by atoms with E-state index < -0.39 is 23.2 Å². The number of carbonyl (C=O) groups excluding carboxylic acids is 2. The summed E-state index contributed by atoms with van der Waals surface area (Å²) in [6.45, 7) is 10.8. The second kappa shape index (κ2) is 5.23. The van der Waals surface area contributed by atoms with Crippen LogP contribution in [-0.2, 0) is 19.1 Å². The highest BCUT2D eigenvalue weighted by Gasteiger charge is 2.32. The van der Waals surface area contributed by atoms with Crippen molar-refractivity contribution in [2.75, 3.05) is 0 Å². The molecule has 5 nitrogen and oxygen atoms in total. The van der Waals surface area contributed by atoms with Gasteiger partial charge in [0.15, 0.2) is 0 Å². The third-order valence-electron chi connectivity index (χ3n) is 2.24. The lowest BCUT2D eigenvalue weighted by Gasteiger charge is -2.22. The number of carbonyl (C=O) groups is 2. The summed E-state index contributed by atoms with van der Waals surface area (Å²) in [6, 6.07) is -0.512. The molecule has 1 heterocycles. The van der Waals surface area contributed by atoms with Gasteiger partial charge in [-0.3, -0.25) is 0 Å². The lowest BCUT2D eigenvalue weighted by molar-refractivity contribution is -0.156. The molecule has 0 spiro atoms. The summed E-state index contributed by atoms with van der Waals surface area (Å²) in [7, 11) is 0. The molecule has 0 saturated heterocycles. The molecule has 108 valence electrons. The van der Waals surface area contributed by atoms with Crippen LogP contribution in [0, 0.1) is 0 Å². The fourth-order valence-corrected chi connectivity index (χ4v) is 1.55. The quantitative estimate of drug-likeness (QED) is 0.776. The van der Waals surface area contributed by atoms with Gasteiger partial charge in [-0.2, -0.15) is 0 Å². The van der Waals surface area contributed by atoms with Gasteiger partial charge in [0.25, 0.3) is 0 Å². The van der Waals surface area contributed by atoms with Crippen molar-refractivity contribution in [2.45, 2.75) is 65.2 Å². The van der Waals surface area contributed by atoms with Crippen molar-refractivity contribution in [1.82, 2.24) is 5.32 Å². The minimum Gasteiger partial charge on any atom is -0.458 e. The number of hydrogen-bond acceptors (Lipinski definition) is 5. The molecule has 1 N–H and O–H groups in total. The van der Waals surface area contributed by atoms with Crippen LogP contribution in [0.1, 0.15) is 48.0 Å². The molecule has 0 unspecified atom stereocenters. The Balaban J connectivity index is 2.53. The van der Waals surface area contributed by atoms with Crippen molar-refractivity contribution in [3.8, 4) is 0 Å². The molecule has 0 aliphatic carbocycles. The van der Waals surface area contributed by atoms with E-state index in [1.54, 1.807) is 20.8 Å². The van der Waals surface area contributed by atoms with Crippen LogP contribution in [0.3, 0.4) is 0 Å². The Morgan fingerprint density at radius 2 is 1.63 bits per heavy atom. The number of ether oxygens (including phenoxy) is 2. The van der Waals surface area contributed by atoms with E-state index in [0.717, 1.165) is 0 Å². The first-order valence-corrected chi connectivity index (χ1v) is 6.39. The number of esters is 2. The van der Waals surface area contributed by atoms with Gasteiger partial charge in [-0.15, -0.1) is 0 Å². The van der Waals surface area contributed by atoms with Crippen LogP contribution >= 0.6 is 0 Å². The maximum atomic E-state index is 11.8. The average Bonchev–Trinajstić information content (AvgIpc) is 2.60. The molecule has 0 aromatic carbocycles. The van der Waals surface area contributed by atoms with Crippen LogP contribution in [-0.4, -0.2) is 29.2 Å². The molecular weight excluding hydrogens is 246 g/mol. The zero-order chi connectivity index (χ0) is 14.8. The highest BCUT2D eigenvalue weighted by Crippen LogP contribution is 2.20. The predicted octanol–water partition coefficient (Wildman–Crippen LogP) is 1.92. The van der Waals surface area contributed by atoms with Crippen LogP contribution in [0.5, 0.6) is 0 Å². The van der Waals surface area contributed by atoms with Crippen LogP contribution in [0.4, 0.5) is 0 Å². The van der Waals surface area contributed by atoms with E-state index in [-0.39, 0.29) is 5.97 Å². The van der Waals surface area contributed by atoms with E-state index in [2.05, 4.69) is 5.32 Å². The van der Waals surface area contributed by atoms with Crippen molar-refractivity contribution >= 4 is 11.9 Å². The molecule has 1 rings (SSSR count). The molecule has 0 aromatic heterocycles. The average molecular weight is 269 g/mol. The summed E-state index contributed by atoms with van der Waals surface area (Å²) < 4.78 is 10.5. The molecule has 0 fully saturated rings. The van der Waals surface area contributed by atoms with Crippen LogP contribution in [0.2, 0.25) is 0 Å². The summed E-state index contributed by atoms with van der Waals surface area (Å²) in [6.07, 6.45) is 1.83. The van der Waals surface area contributed by atoms with Gasteiger partial charge in [0.2, 0.25) is 0 Å². The topological polar surface area (TPSA) is 64.6 Å². The Morgan fingerprint density at radius 1 is 1.11 bits per heavy atom. The molecular formula is C14H23NO4. The van der Waals surface area contributed by atoms with Crippen LogP contribution < -0.4 is 5.32 Å². The van der Waals surface area contributed by atoms with E-state index in [1.165, 1.54) is 6.20 Å². The van der Waals surface area contributed by atoms with Crippen molar-refractivity contribution in [3.05, 3.63) is 11.8 Å². The predicted molar refractivity (Wildman–Crippen MR) is 71.3 cm³/mol. The second-order valence-corrected chi connectivity index (χ2v) is 6.63. The lowest BCUT2D eigenvalue weighted by atomic mass is 10.1.